The first kappa shape index (κ1) is 19.2. The van der Waals surface area contributed by atoms with Gasteiger partial charge in [-0.15, -0.1) is 5.10 Å². The van der Waals surface area contributed by atoms with E-state index in [0.29, 0.717) is 22.9 Å². The maximum atomic E-state index is 11.8. The molecule has 1 aromatic heterocycles. The van der Waals surface area contributed by atoms with Crippen LogP contribution in [0.5, 0.6) is 11.6 Å². The van der Waals surface area contributed by atoms with Crippen molar-refractivity contribution in [2.75, 3.05) is 12.1 Å². The van der Waals surface area contributed by atoms with Gasteiger partial charge in [0.15, 0.2) is 0 Å². The van der Waals surface area contributed by atoms with Crippen LogP contribution in [0.15, 0.2) is 54.7 Å². The van der Waals surface area contributed by atoms with Crippen molar-refractivity contribution >= 4 is 11.7 Å². The van der Waals surface area contributed by atoms with E-state index in [1.165, 1.54) is 12.7 Å². The number of ether oxygens (including phenoxy) is 2. The van der Waals surface area contributed by atoms with Crippen molar-refractivity contribution in [2.45, 2.75) is 13.5 Å². The van der Waals surface area contributed by atoms with E-state index in [0.717, 1.165) is 10.7 Å². The summed E-state index contributed by atoms with van der Waals surface area (Å²) in [4.78, 5) is 11.8. The zero-order valence-electron chi connectivity index (χ0n) is 15.6. The number of hydrogen-bond acceptors (Lipinski definition) is 6. The van der Waals surface area contributed by atoms with E-state index in [1.807, 2.05) is 36.6 Å². The fourth-order valence-electron chi connectivity index (χ4n) is 2.67. The molecular formula is C19H22N6O3. The zero-order valence-corrected chi connectivity index (χ0v) is 15.6. The van der Waals surface area contributed by atoms with Crippen LogP contribution in [0.2, 0.25) is 0 Å². The minimum atomic E-state index is -0.668. The highest BCUT2D eigenvalue weighted by atomic mass is 16.5. The van der Waals surface area contributed by atoms with Crippen LogP contribution in [0.4, 0.5) is 10.5 Å². The second-order valence-electron chi connectivity index (χ2n) is 6.00. The van der Waals surface area contributed by atoms with Gasteiger partial charge < -0.3 is 9.47 Å². The van der Waals surface area contributed by atoms with Gasteiger partial charge in [-0.3, -0.25) is 5.43 Å². The number of rotatable bonds is 6. The normalized spacial score (nSPS) is 10.4. The molecular weight excluding hydrogens is 360 g/mol. The second kappa shape index (κ2) is 8.42. The Morgan fingerprint density at radius 3 is 2.64 bits per heavy atom. The van der Waals surface area contributed by atoms with Crippen molar-refractivity contribution in [1.82, 2.24) is 15.2 Å². The Balaban J connectivity index is 1.81. The largest absolute Gasteiger partial charge is 0.496 e. The van der Waals surface area contributed by atoms with Crippen LogP contribution in [0.3, 0.4) is 0 Å². The first-order valence-electron chi connectivity index (χ1n) is 8.50. The van der Waals surface area contributed by atoms with Gasteiger partial charge in [0, 0.05) is 12.3 Å². The van der Waals surface area contributed by atoms with Crippen LogP contribution in [0.1, 0.15) is 11.1 Å². The number of nitrogens with two attached hydrogens (primary N) is 2. The van der Waals surface area contributed by atoms with Crippen LogP contribution in [-0.2, 0) is 6.61 Å². The summed E-state index contributed by atoms with van der Waals surface area (Å²) in [6.45, 7) is 2.12. The third-order valence-electron chi connectivity index (χ3n) is 4.16. The lowest BCUT2D eigenvalue weighted by atomic mass is 10.1. The van der Waals surface area contributed by atoms with Crippen LogP contribution in [0.25, 0.3) is 5.69 Å². The maximum absolute atomic E-state index is 11.8. The number of anilines is 1. The average molecular weight is 382 g/mol. The van der Waals surface area contributed by atoms with Crippen LogP contribution in [-0.4, -0.2) is 22.9 Å². The molecule has 146 valence electrons. The van der Waals surface area contributed by atoms with Gasteiger partial charge in [-0.05, 0) is 31.2 Å². The Morgan fingerprint density at radius 2 is 1.96 bits per heavy atom. The summed E-state index contributed by atoms with van der Waals surface area (Å²) in [5.74, 6) is 12.0. The highest BCUT2D eigenvalue weighted by Crippen LogP contribution is 2.29. The molecule has 0 bridgehead atoms. The molecule has 0 saturated carbocycles. The van der Waals surface area contributed by atoms with Crippen LogP contribution < -0.4 is 31.6 Å². The number of carbonyl (C=O) groups is 1. The highest BCUT2D eigenvalue weighted by Gasteiger charge is 2.18. The molecule has 5 N–H and O–H groups in total. The van der Waals surface area contributed by atoms with Gasteiger partial charge in [-0.25, -0.2) is 26.2 Å². The second-order valence-corrected chi connectivity index (χ2v) is 6.00. The lowest BCUT2D eigenvalue weighted by Crippen LogP contribution is -2.48. The van der Waals surface area contributed by atoms with E-state index in [4.69, 9.17) is 21.2 Å². The predicted molar refractivity (Wildman–Crippen MR) is 105 cm³/mol. The SMILES string of the molecule is COc1cccc(N(N)C(=O)NN)c1COc1ccn(-c2ccc(C)cc2)n1. The van der Waals surface area contributed by atoms with Gasteiger partial charge in [0.25, 0.3) is 0 Å². The summed E-state index contributed by atoms with van der Waals surface area (Å²) in [5.41, 5.74) is 5.07. The number of hydrazine groups is 2. The standard InChI is InChI=1S/C19H22N6O3/c1-13-6-8-14(9-7-13)24-11-10-18(23-24)28-12-15-16(25(21)19(26)22-20)4-3-5-17(15)27-2/h3-11H,12,20-21H2,1-2H3,(H,22,26). The molecule has 28 heavy (non-hydrogen) atoms. The minimum absolute atomic E-state index is 0.0931. The molecule has 0 aliphatic carbocycles. The average Bonchev–Trinajstić information content (AvgIpc) is 3.20. The fourth-order valence-corrected chi connectivity index (χ4v) is 2.67. The fraction of sp³-hybridized carbons (Fsp3) is 0.158. The Bertz CT molecular complexity index is 955. The molecule has 3 rings (SSSR count). The molecule has 0 unspecified atom stereocenters. The number of nitrogens with one attached hydrogen (secondary N) is 1. The van der Waals surface area contributed by atoms with E-state index >= 15 is 0 Å². The number of carbonyl (C=O) groups excluding carboxylic acids is 1. The van der Waals surface area contributed by atoms with E-state index < -0.39 is 6.03 Å². The molecule has 0 radical (unpaired) electrons. The Labute approximate surface area is 162 Å². The van der Waals surface area contributed by atoms with Crippen molar-refractivity contribution < 1.29 is 14.3 Å². The molecule has 3 aromatic rings. The summed E-state index contributed by atoms with van der Waals surface area (Å²) in [6.07, 6.45) is 1.81. The third kappa shape index (κ3) is 4.05. The summed E-state index contributed by atoms with van der Waals surface area (Å²) < 4.78 is 12.9. The predicted octanol–water partition coefficient (Wildman–Crippen LogP) is 2.03. The Morgan fingerprint density at radius 1 is 1.21 bits per heavy atom. The van der Waals surface area contributed by atoms with E-state index in [2.05, 4.69) is 5.10 Å². The first-order chi connectivity index (χ1) is 13.5. The van der Waals surface area contributed by atoms with Gasteiger partial charge in [-0.2, -0.15) is 0 Å². The molecule has 0 saturated heterocycles. The van der Waals surface area contributed by atoms with Gasteiger partial charge in [-0.1, -0.05) is 23.8 Å². The maximum Gasteiger partial charge on any atom is 0.350 e. The van der Waals surface area contributed by atoms with E-state index in [9.17, 15) is 4.79 Å². The number of benzene rings is 2. The number of aryl methyl sites for hydroxylation is 1. The monoisotopic (exact) mass is 382 g/mol. The third-order valence-corrected chi connectivity index (χ3v) is 4.16. The molecule has 9 heteroatoms. The lowest BCUT2D eigenvalue weighted by Gasteiger charge is -2.21. The smallest absolute Gasteiger partial charge is 0.350 e. The number of amides is 2. The van der Waals surface area contributed by atoms with Gasteiger partial charge in [0.05, 0.1) is 24.0 Å². The number of hydrogen-bond donors (Lipinski definition) is 3. The number of methoxy groups -OCH3 is 1. The number of aromatic nitrogens is 2. The van der Waals surface area contributed by atoms with Crippen molar-refractivity contribution in [1.29, 1.82) is 0 Å². The minimum Gasteiger partial charge on any atom is -0.496 e. The molecule has 0 spiro atoms. The molecule has 0 aliphatic heterocycles. The number of urea groups is 1. The summed E-state index contributed by atoms with van der Waals surface area (Å²) in [5, 5.41) is 5.31. The van der Waals surface area contributed by atoms with Crippen molar-refractivity contribution in [3.8, 4) is 17.3 Å². The Kier molecular flexibility index (Phi) is 5.78. The zero-order chi connectivity index (χ0) is 20.1. The summed E-state index contributed by atoms with van der Waals surface area (Å²) >= 11 is 0. The van der Waals surface area contributed by atoms with Crippen LogP contribution in [0, 0.1) is 6.92 Å². The van der Waals surface area contributed by atoms with Gasteiger partial charge in [0.2, 0.25) is 5.88 Å². The molecule has 1 heterocycles. The summed E-state index contributed by atoms with van der Waals surface area (Å²) in [6, 6.07) is 14.2. The van der Waals surface area contributed by atoms with Crippen molar-refractivity contribution in [3.05, 3.63) is 65.9 Å². The topological polar surface area (TPSA) is 121 Å². The molecule has 0 aliphatic rings. The lowest BCUT2D eigenvalue weighted by molar-refractivity contribution is 0.246. The van der Waals surface area contributed by atoms with Crippen molar-refractivity contribution in [3.63, 3.8) is 0 Å². The highest BCUT2D eigenvalue weighted by molar-refractivity contribution is 5.91. The molecule has 2 amide bonds. The quantitative estimate of drug-likeness (QED) is 0.341. The van der Waals surface area contributed by atoms with E-state index in [1.54, 1.807) is 35.1 Å². The van der Waals surface area contributed by atoms with E-state index in [-0.39, 0.29) is 6.61 Å². The first-order valence-corrected chi connectivity index (χ1v) is 8.50. The van der Waals surface area contributed by atoms with Gasteiger partial charge >= 0.3 is 6.03 Å². The Hall–Kier alpha value is -3.56. The molecule has 0 atom stereocenters. The van der Waals surface area contributed by atoms with Crippen LogP contribution >= 0.6 is 0 Å². The van der Waals surface area contributed by atoms with Gasteiger partial charge in [0.1, 0.15) is 12.4 Å². The molecule has 9 nitrogen and oxygen atoms in total. The summed E-state index contributed by atoms with van der Waals surface area (Å²) in [7, 11) is 1.53. The molecule has 2 aromatic carbocycles. The number of nitrogens with zero attached hydrogens (tertiary/aromatic N) is 3. The van der Waals surface area contributed by atoms with Crippen molar-refractivity contribution in [2.24, 2.45) is 11.7 Å². The molecule has 0 fully saturated rings.